The van der Waals surface area contributed by atoms with Crippen molar-refractivity contribution in [1.82, 2.24) is 58.1 Å². The number of carbonyl (C=O) groups is 12. The van der Waals surface area contributed by atoms with Crippen LogP contribution in [0, 0.1) is 11.8 Å². The van der Waals surface area contributed by atoms with Gasteiger partial charge in [0.15, 0.2) is 5.78 Å². The highest BCUT2D eigenvalue weighted by Crippen LogP contribution is 2.21. The molecule has 0 radical (unpaired) electrons. The van der Waals surface area contributed by atoms with E-state index in [0.29, 0.717) is 70.9 Å². The van der Waals surface area contributed by atoms with Crippen molar-refractivity contribution in [3.63, 3.8) is 0 Å². The minimum atomic E-state index is -1.58. The van der Waals surface area contributed by atoms with Crippen LogP contribution in [0.25, 0.3) is 0 Å². The molecule has 1 rings (SSSR count). The molecule has 0 aliphatic carbocycles. The van der Waals surface area contributed by atoms with Crippen LogP contribution in [0.2, 0.25) is 0 Å². The number of amides is 11. The topological polar surface area (TPSA) is 427 Å². The third-order valence-corrected chi connectivity index (χ3v) is 12.1. The zero-order chi connectivity index (χ0) is 57.3. The third-order valence-electron chi connectivity index (χ3n) is 12.1. The van der Waals surface area contributed by atoms with Crippen molar-refractivity contribution in [3.05, 3.63) is 0 Å². The summed E-state index contributed by atoms with van der Waals surface area (Å²) in [6.07, 6.45) is 4.93. The lowest BCUT2D eigenvalue weighted by atomic mass is 10.0. The fourth-order valence-electron chi connectivity index (χ4n) is 8.04. The Morgan fingerprint density at radius 2 is 0.908 bits per heavy atom. The van der Waals surface area contributed by atoms with E-state index in [0.717, 1.165) is 0 Å². The highest BCUT2D eigenvalue weighted by atomic mass is 16.3. The van der Waals surface area contributed by atoms with Gasteiger partial charge in [0, 0.05) is 13.5 Å². The summed E-state index contributed by atoms with van der Waals surface area (Å²) in [6.45, 7) is 8.07. The molecule has 432 valence electrons. The number of nitrogens with one attached hydrogen (secondary N) is 10. The minimum Gasteiger partial charge on any atom is -0.394 e. The van der Waals surface area contributed by atoms with E-state index in [-0.39, 0.29) is 62.9 Å². The summed E-state index contributed by atoms with van der Waals surface area (Å²) in [5.74, 6) is -7.99. The maximum atomic E-state index is 13.7. The average molecular weight is 1080 g/mol. The molecule has 1 fully saturated rings. The number of ketones is 1. The first-order chi connectivity index (χ1) is 36.0. The Balaban J connectivity index is 2.86. The van der Waals surface area contributed by atoms with Gasteiger partial charge >= 0.3 is 0 Å². The molecule has 11 amide bonds. The van der Waals surface area contributed by atoms with Crippen molar-refractivity contribution in [3.8, 4) is 0 Å². The van der Waals surface area contributed by atoms with Crippen LogP contribution < -0.4 is 70.4 Å². The largest absolute Gasteiger partial charge is 0.394 e. The lowest BCUT2D eigenvalue weighted by Gasteiger charge is -2.30. The van der Waals surface area contributed by atoms with Crippen molar-refractivity contribution in [2.75, 3.05) is 59.0 Å². The zero-order valence-corrected chi connectivity index (χ0v) is 45.3. The molecule has 0 aromatic carbocycles. The molecular weight excluding hydrogens is 993 g/mol. The van der Waals surface area contributed by atoms with E-state index in [2.05, 4.69) is 53.2 Å². The maximum Gasteiger partial charge on any atom is 0.245 e. The lowest BCUT2D eigenvalue weighted by molar-refractivity contribution is -0.142. The van der Waals surface area contributed by atoms with E-state index < -0.39 is 134 Å². The van der Waals surface area contributed by atoms with Gasteiger partial charge in [-0.15, -0.1) is 0 Å². The predicted octanol–water partition coefficient (Wildman–Crippen LogP) is -4.57. The molecule has 7 atom stereocenters. The van der Waals surface area contributed by atoms with Crippen molar-refractivity contribution >= 4 is 70.8 Å². The third kappa shape index (κ3) is 27.5. The Hall–Kier alpha value is -6.32. The van der Waals surface area contributed by atoms with Crippen molar-refractivity contribution < 1.29 is 62.6 Å². The zero-order valence-electron chi connectivity index (χ0n) is 45.3. The molecule has 76 heavy (non-hydrogen) atoms. The first kappa shape index (κ1) is 67.7. The number of likely N-dealkylation sites (tertiary alicyclic amines) is 1. The molecular formula is C49H88N14O13. The number of carbonyl (C=O) groups excluding carboxylic acids is 12. The summed E-state index contributed by atoms with van der Waals surface area (Å²) in [7, 11) is 0. The first-order valence-corrected chi connectivity index (χ1v) is 26.4. The Morgan fingerprint density at radius 1 is 0.487 bits per heavy atom. The van der Waals surface area contributed by atoms with E-state index in [4.69, 9.17) is 17.2 Å². The maximum absolute atomic E-state index is 13.7. The molecule has 27 heteroatoms. The summed E-state index contributed by atoms with van der Waals surface area (Å²) in [6, 6.07) is -7.74. The van der Waals surface area contributed by atoms with Crippen LogP contribution in [0.3, 0.4) is 0 Å². The molecule has 17 N–H and O–H groups in total. The lowest BCUT2D eigenvalue weighted by Crippen LogP contribution is -2.58. The van der Waals surface area contributed by atoms with Gasteiger partial charge in [0.1, 0.15) is 36.3 Å². The summed E-state index contributed by atoms with van der Waals surface area (Å²) in [5.41, 5.74) is 16.9. The minimum absolute atomic E-state index is 0.00807. The van der Waals surface area contributed by atoms with Gasteiger partial charge in [0.2, 0.25) is 65.0 Å². The Kier molecular flexibility index (Phi) is 33.3. The second-order valence-electron chi connectivity index (χ2n) is 19.8. The number of unbranched alkanes of at least 4 members (excludes halogenated alkanes) is 3. The van der Waals surface area contributed by atoms with Gasteiger partial charge in [-0.25, -0.2) is 0 Å². The van der Waals surface area contributed by atoms with E-state index in [9.17, 15) is 62.6 Å². The fraction of sp³-hybridized carbons (Fsp3) is 0.755. The van der Waals surface area contributed by atoms with Gasteiger partial charge in [-0.05, 0) is 122 Å². The van der Waals surface area contributed by atoms with Gasteiger partial charge < -0.3 is 80.4 Å². The number of aliphatic hydroxyl groups is 1. The van der Waals surface area contributed by atoms with Crippen LogP contribution >= 0.6 is 0 Å². The van der Waals surface area contributed by atoms with Crippen LogP contribution in [0.1, 0.15) is 125 Å². The second kappa shape index (κ2) is 37.4. The number of nitrogens with zero attached hydrogens (tertiary/aromatic N) is 1. The summed E-state index contributed by atoms with van der Waals surface area (Å²) < 4.78 is 0. The predicted molar refractivity (Wildman–Crippen MR) is 279 cm³/mol. The molecule has 0 aromatic heterocycles. The Labute approximate surface area is 445 Å². The van der Waals surface area contributed by atoms with Gasteiger partial charge in [-0.1, -0.05) is 27.7 Å². The quantitative estimate of drug-likeness (QED) is 0.0259. The monoisotopic (exact) mass is 1080 g/mol. The second-order valence-corrected chi connectivity index (χ2v) is 19.8. The van der Waals surface area contributed by atoms with Gasteiger partial charge in [-0.2, -0.15) is 0 Å². The van der Waals surface area contributed by atoms with Gasteiger partial charge in [-0.3, -0.25) is 57.5 Å². The molecule has 0 aromatic rings. The van der Waals surface area contributed by atoms with Crippen LogP contribution in [0.15, 0.2) is 0 Å². The van der Waals surface area contributed by atoms with Gasteiger partial charge in [0.25, 0.3) is 0 Å². The van der Waals surface area contributed by atoms with Crippen LogP contribution in [0.5, 0.6) is 0 Å². The summed E-state index contributed by atoms with van der Waals surface area (Å²) in [5, 5.41) is 35.0. The van der Waals surface area contributed by atoms with E-state index >= 15 is 0 Å². The molecule has 1 saturated heterocycles. The first-order valence-electron chi connectivity index (χ1n) is 26.4. The molecule has 1 aliphatic heterocycles. The smallest absolute Gasteiger partial charge is 0.245 e. The highest BCUT2D eigenvalue weighted by molar-refractivity contribution is 5.98. The number of hydrogen-bond acceptors (Lipinski definition) is 16. The normalized spacial score (nSPS) is 15.4. The van der Waals surface area contributed by atoms with E-state index in [1.165, 1.54) is 18.7 Å². The summed E-state index contributed by atoms with van der Waals surface area (Å²) >= 11 is 0. The number of rotatable bonds is 38. The molecule has 1 aliphatic rings. The Morgan fingerprint density at radius 3 is 1.37 bits per heavy atom. The number of hydrogen-bond donors (Lipinski definition) is 14. The standard InChI is InChI=1S/C49H88N14O13/c1-29(2)22-36(62-48(75)39-17-13-21-63(39)49(76)37(23-30(3)4)57-42(69)26-53-32(6)66)44(71)56-25-41(68)54-24-40(67)55-27-43(70)58-38(28-64)47(74)61-35(16-9-12-20-52)46(73)60-34(15-8-11-19-51)45(72)59-33(31(5)65)14-7-10-18-50/h29-30,33-39,64H,7-28,50-52H2,1-6H3,(H,53,66)(H,54,68)(H,55,67)(H,56,71)(H,57,69)(H,58,70)(H,59,72)(H,60,73)(H,61,74)(H,62,75)/t33-,34-,35-,36-,37-,38-,39-/m0/s1. The number of aliphatic hydroxyl groups excluding tert-OH is 1. The molecule has 0 spiro atoms. The summed E-state index contributed by atoms with van der Waals surface area (Å²) in [4.78, 5) is 157. The molecule has 0 bridgehead atoms. The molecule has 0 unspecified atom stereocenters. The van der Waals surface area contributed by atoms with Crippen LogP contribution in [-0.4, -0.2) is 182 Å². The molecule has 27 nitrogen and oxygen atoms in total. The van der Waals surface area contributed by atoms with Crippen LogP contribution in [-0.2, 0) is 57.5 Å². The number of nitrogens with two attached hydrogens (primary N) is 3. The fourth-order valence-corrected chi connectivity index (χ4v) is 8.04. The van der Waals surface area contributed by atoms with Crippen molar-refractivity contribution in [2.45, 2.75) is 167 Å². The SMILES string of the molecule is CC(=O)NCC(=O)N[C@@H](CC(C)C)C(=O)N1CCC[C@H]1C(=O)N[C@@H](CC(C)C)C(=O)NCC(=O)NCC(=O)NCC(=O)N[C@@H](CO)C(=O)N[C@@H](CCCCN)C(=O)N[C@@H](CCCCN)C(=O)N[C@@H](CCCCN)C(C)=O. The average Bonchev–Trinajstić information content (AvgIpc) is 3.86. The number of Topliss-reactive ketones (excluding diaryl/α,β-unsaturated/α-hetero) is 1. The van der Waals surface area contributed by atoms with E-state index in [1.807, 2.05) is 27.7 Å². The Bertz CT molecular complexity index is 1940. The van der Waals surface area contributed by atoms with Crippen molar-refractivity contribution in [1.29, 1.82) is 0 Å². The highest BCUT2D eigenvalue weighted by Gasteiger charge is 2.39. The molecule has 0 saturated carbocycles. The van der Waals surface area contributed by atoms with Gasteiger partial charge in [0.05, 0.1) is 38.8 Å². The van der Waals surface area contributed by atoms with E-state index in [1.54, 1.807) is 0 Å². The van der Waals surface area contributed by atoms with Crippen molar-refractivity contribution in [2.24, 2.45) is 29.0 Å². The molecule has 1 heterocycles. The van der Waals surface area contributed by atoms with Crippen LogP contribution in [0.4, 0.5) is 0 Å².